The van der Waals surface area contributed by atoms with Crippen molar-refractivity contribution >= 4 is 23.4 Å². The highest BCUT2D eigenvalue weighted by atomic mass is 35.5. The van der Waals surface area contributed by atoms with Crippen LogP contribution in [-0.2, 0) is 25.5 Å². The van der Waals surface area contributed by atoms with Crippen molar-refractivity contribution in [3.63, 3.8) is 0 Å². The predicted octanol–water partition coefficient (Wildman–Crippen LogP) is 3.57. The van der Waals surface area contributed by atoms with Crippen LogP contribution in [0.4, 0.5) is 0 Å². The summed E-state index contributed by atoms with van der Waals surface area (Å²) in [4.78, 5) is 35.8. The molecule has 9 heteroatoms. The molecule has 2 N–H and O–H groups in total. The third kappa shape index (κ3) is 4.66. The van der Waals surface area contributed by atoms with Crippen LogP contribution in [0.15, 0.2) is 73.6 Å². The maximum atomic E-state index is 14.1. The normalized spacial score (nSPS) is 21.2. The van der Waals surface area contributed by atoms with Crippen LogP contribution in [0.25, 0.3) is 0 Å². The first-order valence-corrected chi connectivity index (χ1v) is 11.5. The Kier molecular flexibility index (Phi) is 7.47. The lowest BCUT2D eigenvalue weighted by molar-refractivity contribution is -0.189. The van der Waals surface area contributed by atoms with Gasteiger partial charge in [-0.05, 0) is 35.8 Å². The summed E-state index contributed by atoms with van der Waals surface area (Å²) in [5.41, 5.74) is 1.32. The number of hydrogen-bond donors (Lipinski definition) is 2. The maximum absolute atomic E-state index is 14.1. The molecule has 2 aromatic carbocycles. The van der Waals surface area contributed by atoms with E-state index in [4.69, 9.17) is 21.1 Å². The van der Waals surface area contributed by atoms with Gasteiger partial charge in [0.05, 0.1) is 23.8 Å². The minimum atomic E-state index is -1.73. The van der Waals surface area contributed by atoms with Gasteiger partial charge < -0.3 is 14.5 Å². The number of rotatable bonds is 8. The number of carbonyl (C=O) groups is 2. The fourth-order valence-electron chi connectivity index (χ4n) is 4.47. The van der Waals surface area contributed by atoms with Crippen LogP contribution in [0.1, 0.15) is 34.7 Å². The summed E-state index contributed by atoms with van der Waals surface area (Å²) in [5, 5.41) is 3.90. The topological polar surface area (TPSA) is 96.6 Å². The number of nitrogens with zero attached hydrogens (tertiary/aromatic N) is 2. The molecule has 0 saturated heterocycles. The first kappa shape index (κ1) is 24.8. The van der Waals surface area contributed by atoms with Crippen LogP contribution in [-0.4, -0.2) is 53.2 Å². The van der Waals surface area contributed by atoms with E-state index < -0.39 is 29.7 Å². The van der Waals surface area contributed by atoms with E-state index in [1.807, 2.05) is 42.5 Å². The van der Waals surface area contributed by atoms with Gasteiger partial charge >= 0.3 is 0 Å². The number of H-pyrrole nitrogens is 1. The standard InChI is InChI=1S/C26H27ClN4O4/c1-4-20(32)31(14-13-17-9-8-12-19(27)15-17)25(33)26(35-3)24(34-2)23-22(28-16-29-23)21(30-26)18-10-6-5-7-11-18/h4-12,15-16,21,24,30H,1,13-14H2,2-3H3,(H,28,29). The molecule has 0 radical (unpaired) electrons. The second kappa shape index (κ2) is 10.5. The average Bonchev–Trinajstić information content (AvgIpc) is 3.37. The molecule has 2 heterocycles. The van der Waals surface area contributed by atoms with Crippen molar-refractivity contribution in [1.29, 1.82) is 0 Å². The second-order valence-electron chi connectivity index (χ2n) is 8.12. The first-order chi connectivity index (χ1) is 16.9. The molecule has 8 nitrogen and oxygen atoms in total. The summed E-state index contributed by atoms with van der Waals surface area (Å²) in [7, 11) is 2.88. The summed E-state index contributed by atoms with van der Waals surface area (Å²) in [6.07, 6.45) is 2.14. The number of amides is 2. The molecule has 0 bridgehead atoms. The predicted molar refractivity (Wildman–Crippen MR) is 132 cm³/mol. The molecular formula is C26H27ClN4O4. The Morgan fingerprint density at radius 3 is 2.63 bits per heavy atom. The molecule has 4 rings (SSSR count). The van der Waals surface area contributed by atoms with Crippen molar-refractivity contribution in [2.24, 2.45) is 0 Å². The Hall–Kier alpha value is -3.30. The van der Waals surface area contributed by atoms with Crippen molar-refractivity contribution in [2.75, 3.05) is 20.8 Å². The van der Waals surface area contributed by atoms with Gasteiger partial charge in [-0.1, -0.05) is 60.6 Å². The Morgan fingerprint density at radius 1 is 1.20 bits per heavy atom. The van der Waals surface area contributed by atoms with Crippen molar-refractivity contribution < 1.29 is 19.1 Å². The van der Waals surface area contributed by atoms with E-state index >= 15 is 0 Å². The first-order valence-electron chi connectivity index (χ1n) is 11.1. The molecule has 182 valence electrons. The minimum absolute atomic E-state index is 0.0939. The summed E-state index contributed by atoms with van der Waals surface area (Å²) in [6.45, 7) is 3.68. The molecule has 0 saturated carbocycles. The van der Waals surface area contributed by atoms with Crippen LogP contribution in [0.2, 0.25) is 5.02 Å². The monoisotopic (exact) mass is 494 g/mol. The van der Waals surface area contributed by atoms with Crippen LogP contribution >= 0.6 is 11.6 Å². The van der Waals surface area contributed by atoms with Gasteiger partial charge in [-0.3, -0.25) is 19.8 Å². The fraction of sp³-hybridized carbons (Fsp3) is 0.269. The molecule has 3 atom stereocenters. The zero-order chi connectivity index (χ0) is 25.0. The number of nitrogens with one attached hydrogen (secondary N) is 2. The number of fused-ring (bicyclic) bond motifs is 1. The molecule has 2 amide bonds. The molecule has 1 aliphatic heterocycles. The smallest absolute Gasteiger partial charge is 0.280 e. The second-order valence-corrected chi connectivity index (χ2v) is 8.56. The van der Waals surface area contributed by atoms with Gasteiger partial charge in [0.1, 0.15) is 0 Å². The average molecular weight is 495 g/mol. The molecule has 1 aromatic heterocycles. The van der Waals surface area contributed by atoms with E-state index in [0.29, 0.717) is 17.1 Å². The molecule has 35 heavy (non-hydrogen) atoms. The maximum Gasteiger partial charge on any atom is 0.280 e. The molecule has 3 aromatic rings. The Morgan fingerprint density at radius 2 is 1.97 bits per heavy atom. The third-order valence-corrected chi connectivity index (χ3v) is 6.41. The number of ether oxygens (including phenoxy) is 2. The number of benzene rings is 2. The summed E-state index contributed by atoms with van der Waals surface area (Å²) >= 11 is 6.11. The minimum Gasteiger partial charge on any atom is -0.370 e. The van der Waals surface area contributed by atoms with E-state index in [-0.39, 0.29) is 6.54 Å². The molecular weight excluding hydrogens is 468 g/mol. The number of imidazole rings is 1. The van der Waals surface area contributed by atoms with Crippen LogP contribution < -0.4 is 5.32 Å². The SMILES string of the molecule is C=CC(=O)N(CCc1cccc(Cl)c1)C(=O)C1(OC)NC(c2ccccc2)c2[nH]cnc2C1OC. The van der Waals surface area contributed by atoms with Gasteiger partial charge in [-0.15, -0.1) is 0 Å². The van der Waals surface area contributed by atoms with Crippen molar-refractivity contribution in [3.05, 3.63) is 101 Å². The number of carbonyl (C=O) groups excluding carboxylic acids is 2. The fourth-order valence-corrected chi connectivity index (χ4v) is 4.68. The third-order valence-electron chi connectivity index (χ3n) is 6.17. The van der Waals surface area contributed by atoms with Crippen LogP contribution in [0, 0.1) is 0 Å². The van der Waals surface area contributed by atoms with Crippen molar-refractivity contribution in [1.82, 2.24) is 20.2 Å². The lowest BCUT2D eigenvalue weighted by Crippen LogP contribution is -2.66. The van der Waals surface area contributed by atoms with E-state index in [1.54, 1.807) is 18.5 Å². The Bertz CT molecular complexity index is 1210. The van der Waals surface area contributed by atoms with E-state index in [0.717, 1.165) is 27.8 Å². The lowest BCUT2D eigenvalue weighted by atomic mass is 9.88. The number of hydrogen-bond acceptors (Lipinski definition) is 6. The molecule has 0 aliphatic carbocycles. The van der Waals surface area contributed by atoms with Gasteiger partial charge in [0.25, 0.3) is 11.8 Å². The highest BCUT2D eigenvalue weighted by Gasteiger charge is 2.56. The quantitative estimate of drug-likeness (QED) is 0.465. The van der Waals surface area contributed by atoms with Crippen molar-refractivity contribution in [3.8, 4) is 0 Å². The number of aromatic amines is 1. The Balaban J connectivity index is 1.74. The number of methoxy groups -OCH3 is 2. The molecule has 0 fully saturated rings. The summed E-state index contributed by atoms with van der Waals surface area (Å²) in [6, 6.07) is 16.4. The summed E-state index contributed by atoms with van der Waals surface area (Å²) in [5.74, 6) is -1.15. The molecule has 1 aliphatic rings. The van der Waals surface area contributed by atoms with E-state index in [1.165, 1.54) is 14.2 Å². The van der Waals surface area contributed by atoms with E-state index in [9.17, 15) is 9.59 Å². The van der Waals surface area contributed by atoms with Gasteiger partial charge in [0, 0.05) is 25.8 Å². The van der Waals surface area contributed by atoms with E-state index in [2.05, 4.69) is 21.9 Å². The number of imide groups is 1. The van der Waals surface area contributed by atoms with Crippen LogP contribution in [0.5, 0.6) is 0 Å². The summed E-state index contributed by atoms with van der Waals surface area (Å²) < 4.78 is 11.6. The molecule has 0 spiro atoms. The number of halogens is 1. The van der Waals surface area contributed by atoms with Gasteiger partial charge in [-0.25, -0.2) is 4.98 Å². The lowest BCUT2D eigenvalue weighted by Gasteiger charge is -2.45. The highest BCUT2D eigenvalue weighted by molar-refractivity contribution is 6.30. The largest absolute Gasteiger partial charge is 0.370 e. The zero-order valence-corrected chi connectivity index (χ0v) is 20.3. The Labute approximate surface area is 208 Å². The zero-order valence-electron chi connectivity index (χ0n) is 19.5. The van der Waals surface area contributed by atoms with Gasteiger partial charge in [0.15, 0.2) is 6.10 Å². The van der Waals surface area contributed by atoms with Crippen molar-refractivity contribution in [2.45, 2.75) is 24.3 Å². The number of aromatic nitrogens is 2. The highest BCUT2D eigenvalue weighted by Crippen LogP contribution is 2.42. The van der Waals surface area contributed by atoms with Gasteiger partial charge in [0.2, 0.25) is 5.72 Å². The van der Waals surface area contributed by atoms with Gasteiger partial charge in [-0.2, -0.15) is 0 Å². The molecule has 3 unspecified atom stereocenters. The van der Waals surface area contributed by atoms with Crippen LogP contribution in [0.3, 0.4) is 0 Å².